The van der Waals surface area contributed by atoms with Gasteiger partial charge in [0.05, 0.1) is 18.4 Å². The fourth-order valence-corrected chi connectivity index (χ4v) is 1.95. The predicted octanol–water partition coefficient (Wildman–Crippen LogP) is -0.156. The fraction of sp³-hybridized carbons (Fsp3) is 0.636. The van der Waals surface area contributed by atoms with Gasteiger partial charge < -0.3 is 20.7 Å². The van der Waals surface area contributed by atoms with Gasteiger partial charge in [0.25, 0.3) is 0 Å². The van der Waals surface area contributed by atoms with E-state index in [4.69, 9.17) is 10.5 Å². The van der Waals surface area contributed by atoms with Crippen LogP contribution in [0.2, 0.25) is 0 Å². The summed E-state index contributed by atoms with van der Waals surface area (Å²) in [6.45, 7) is 3.09. The van der Waals surface area contributed by atoms with Crippen LogP contribution in [0.4, 0.5) is 5.95 Å². The average molecular weight is 237 g/mol. The van der Waals surface area contributed by atoms with E-state index >= 15 is 0 Å². The number of methoxy groups -OCH3 is 1. The molecular formula is C11H19N5O. The summed E-state index contributed by atoms with van der Waals surface area (Å²) in [7, 11) is 3.73. The van der Waals surface area contributed by atoms with Crippen LogP contribution in [0.1, 0.15) is 11.3 Å². The summed E-state index contributed by atoms with van der Waals surface area (Å²) in [5, 5.41) is 3.09. The molecule has 0 amide bonds. The van der Waals surface area contributed by atoms with Crippen molar-refractivity contribution in [2.24, 2.45) is 5.73 Å². The number of nitrogens with two attached hydrogens (primary N) is 1. The third-order valence-electron chi connectivity index (χ3n) is 2.83. The van der Waals surface area contributed by atoms with Gasteiger partial charge in [-0.3, -0.25) is 0 Å². The summed E-state index contributed by atoms with van der Waals surface area (Å²) in [5.74, 6) is 1.27. The van der Waals surface area contributed by atoms with Crippen molar-refractivity contribution < 1.29 is 4.74 Å². The number of fused-ring (bicyclic) bond motifs is 1. The van der Waals surface area contributed by atoms with Crippen molar-refractivity contribution in [1.82, 2.24) is 14.9 Å². The number of likely N-dealkylation sites (N-methyl/N-ethyl adjacent to an activating group) is 1. The smallest absolute Gasteiger partial charge is 0.226 e. The van der Waals surface area contributed by atoms with Gasteiger partial charge in [0.2, 0.25) is 11.8 Å². The molecule has 6 nitrogen and oxygen atoms in total. The van der Waals surface area contributed by atoms with Crippen LogP contribution in [0.5, 0.6) is 5.88 Å². The van der Waals surface area contributed by atoms with Gasteiger partial charge in [0.15, 0.2) is 0 Å². The molecule has 0 atom stereocenters. The number of hydrogen-bond donors (Lipinski definition) is 2. The first kappa shape index (κ1) is 12.1. The molecule has 0 saturated heterocycles. The van der Waals surface area contributed by atoms with Crippen LogP contribution in [-0.2, 0) is 13.0 Å². The van der Waals surface area contributed by atoms with Gasteiger partial charge in [-0.05, 0) is 7.05 Å². The lowest BCUT2D eigenvalue weighted by molar-refractivity contribution is 0.295. The molecule has 0 radical (unpaired) electrons. The molecular weight excluding hydrogens is 218 g/mol. The SMILES string of the molecule is COc1nc(NCCN)nc2c1CN(C)CC2. The number of rotatable bonds is 4. The zero-order chi connectivity index (χ0) is 12.3. The van der Waals surface area contributed by atoms with E-state index in [2.05, 4.69) is 27.2 Å². The minimum absolute atomic E-state index is 0.561. The average Bonchev–Trinajstić information content (AvgIpc) is 2.35. The van der Waals surface area contributed by atoms with Crippen LogP contribution < -0.4 is 15.8 Å². The Morgan fingerprint density at radius 1 is 1.47 bits per heavy atom. The Morgan fingerprint density at radius 2 is 2.29 bits per heavy atom. The number of anilines is 1. The van der Waals surface area contributed by atoms with Crippen molar-refractivity contribution in [3.05, 3.63) is 11.3 Å². The number of aromatic nitrogens is 2. The van der Waals surface area contributed by atoms with E-state index in [1.807, 2.05) is 0 Å². The van der Waals surface area contributed by atoms with Gasteiger partial charge in [-0.15, -0.1) is 0 Å². The monoisotopic (exact) mass is 237 g/mol. The van der Waals surface area contributed by atoms with E-state index in [-0.39, 0.29) is 0 Å². The normalized spacial score (nSPS) is 15.5. The van der Waals surface area contributed by atoms with Crippen molar-refractivity contribution >= 4 is 5.95 Å². The molecule has 94 valence electrons. The molecule has 0 bridgehead atoms. The maximum atomic E-state index is 5.45. The van der Waals surface area contributed by atoms with E-state index in [0.29, 0.717) is 24.9 Å². The maximum Gasteiger partial charge on any atom is 0.226 e. The molecule has 1 aromatic heterocycles. The standard InChI is InChI=1S/C11H19N5O/c1-16-6-3-9-8(7-16)10(17-2)15-11(14-9)13-5-4-12/h3-7,12H2,1-2H3,(H,13,14,15). The molecule has 0 saturated carbocycles. The second-order valence-corrected chi connectivity index (χ2v) is 4.18. The molecule has 2 heterocycles. The van der Waals surface area contributed by atoms with E-state index < -0.39 is 0 Å². The molecule has 17 heavy (non-hydrogen) atoms. The Bertz CT molecular complexity index is 378. The highest BCUT2D eigenvalue weighted by atomic mass is 16.5. The van der Waals surface area contributed by atoms with Gasteiger partial charge in [-0.1, -0.05) is 0 Å². The molecule has 1 aliphatic heterocycles. The number of nitrogens with zero attached hydrogens (tertiary/aromatic N) is 3. The van der Waals surface area contributed by atoms with Gasteiger partial charge in [-0.2, -0.15) is 4.98 Å². The molecule has 2 rings (SSSR count). The van der Waals surface area contributed by atoms with Crippen LogP contribution in [0.3, 0.4) is 0 Å². The topological polar surface area (TPSA) is 76.3 Å². The fourth-order valence-electron chi connectivity index (χ4n) is 1.95. The maximum absolute atomic E-state index is 5.45. The third kappa shape index (κ3) is 2.65. The van der Waals surface area contributed by atoms with Crippen molar-refractivity contribution in [1.29, 1.82) is 0 Å². The molecule has 0 spiro atoms. The van der Waals surface area contributed by atoms with Crippen molar-refractivity contribution in [3.63, 3.8) is 0 Å². The Kier molecular flexibility index (Phi) is 3.75. The largest absolute Gasteiger partial charge is 0.481 e. The van der Waals surface area contributed by atoms with Crippen LogP contribution in [0.15, 0.2) is 0 Å². The quantitative estimate of drug-likeness (QED) is 0.758. The molecule has 6 heteroatoms. The lowest BCUT2D eigenvalue weighted by Gasteiger charge is -2.25. The second kappa shape index (κ2) is 5.29. The first-order chi connectivity index (χ1) is 8.24. The van der Waals surface area contributed by atoms with Crippen molar-refractivity contribution in [2.75, 3.05) is 39.1 Å². The summed E-state index contributed by atoms with van der Waals surface area (Å²) in [6, 6.07) is 0. The summed E-state index contributed by atoms with van der Waals surface area (Å²) < 4.78 is 5.33. The first-order valence-corrected chi connectivity index (χ1v) is 5.81. The van der Waals surface area contributed by atoms with Crippen molar-refractivity contribution in [2.45, 2.75) is 13.0 Å². The Balaban J connectivity index is 2.29. The van der Waals surface area contributed by atoms with Crippen LogP contribution >= 0.6 is 0 Å². The molecule has 0 unspecified atom stereocenters. The lowest BCUT2D eigenvalue weighted by atomic mass is 10.1. The molecule has 1 aromatic rings. The van der Waals surface area contributed by atoms with Gasteiger partial charge in [0, 0.05) is 32.6 Å². The molecule has 0 aliphatic carbocycles. The Morgan fingerprint density at radius 3 is 3.00 bits per heavy atom. The van der Waals surface area contributed by atoms with Gasteiger partial charge in [0.1, 0.15) is 0 Å². The molecule has 3 N–H and O–H groups in total. The summed E-state index contributed by atoms with van der Waals surface area (Å²) in [6.07, 6.45) is 0.933. The van der Waals surface area contributed by atoms with Gasteiger partial charge >= 0.3 is 0 Å². The predicted molar refractivity (Wildman–Crippen MR) is 66.2 cm³/mol. The number of hydrogen-bond acceptors (Lipinski definition) is 6. The minimum atomic E-state index is 0.561. The first-order valence-electron chi connectivity index (χ1n) is 5.81. The molecule has 0 aromatic carbocycles. The Hall–Kier alpha value is -1.40. The zero-order valence-corrected chi connectivity index (χ0v) is 10.4. The van der Waals surface area contributed by atoms with E-state index in [1.54, 1.807) is 7.11 Å². The zero-order valence-electron chi connectivity index (χ0n) is 10.4. The number of nitrogens with one attached hydrogen (secondary N) is 1. The van der Waals surface area contributed by atoms with Crippen LogP contribution in [0.25, 0.3) is 0 Å². The molecule has 1 aliphatic rings. The van der Waals surface area contributed by atoms with E-state index in [9.17, 15) is 0 Å². The van der Waals surface area contributed by atoms with Crippen LogP contribution in [0, 0.1) is 0 Å². The second-order valence-electron chi connectivity index (χ2n) is 4.18. The summed E-state index contributed by atoms with van der Waals surface area (Å²) in [4.78, 5) is 11.1. The van der Waals surface area contributed by atoms with Gasteiger partial charge in [-0.25, -0.2) is 4.98 Å². The van der Waals surface area contributed by atoms with Crippen LogP contribution in [-0.4, -0.2) is 48.7 Å². The third-order valence-corrected chi connectivity index (χ3v) is 2.83. The summed E-state index contributed by atoms with van der Waals surface area (Å²) in [5.41, 5.74) is 7.62. The van der Waals surface area contributed by atoms with Crippen molar-refractivity contribution in [3.8, 4) is 5.88 Å². The summed E-state index contributed by atoms with van der Waals surface area (Å²) >= 11 is 0. The Labute approximate surface area is 101 Å². The van der Waals surface area contributed by atoms with E-state index in [0.717, 1.165) is 30.8 Å². The highest BCUT2D eigenvalue weighted by Gasteiger charge is 2.20. The lowest BCUT2D eigenvalue weighted by Crippen LogP contribution is -2.28. The highest BCUT2D eigenvalue weighted by Crippen LogP contribution is 2.25. The van der Waals surface area contributed by atoms with E-state index in [1.165, 1.54) is 0 Å². The molecule has 0 fully saturated rings. The number of ether oxygens (including phenoxy) is 1. The highest BCUT2D eigenvalue weighted by molar-refractivity contribution is 5.39. The minimum Gasteiger partial charge on any atom is -0.481 e.